The van der Waals surface area contributed by atoms with Crippen molar-refractivity contribution in [1.82, 2.24) is 9.97 Å². The van der Waals surface area contributed by atoms with Gasteiger partial charge >= 0.3 is 5.97 Å². The largest absolute Gasteiger partial charge is 0.481 e. The molecule has 0 atom stereocenters. The maximum Gasteiger partial charge on any atom is 0.305 e. The molecule has 0 saturated heterocycles. The van der Waals surface area contributed by atoms with Gasteiger partial charge in [-0.2, -0.15) is 4.98 Å². The zero-order chi connectivity index (χ0) is 13.4. The highest BCUT2D eigenvalue weighted by molar-refractivity contribution is 5.67. The fourth-order valence-electron chi connectivity index (χ4n) is 1.43. The van der Waals surface area contributed by atoms with E-state index >= 15 is 0 Å². The number of ether oxygens (including phenoxy) is 1. The van der Waals surface area contributed by atoms with Crippen molar-refractivity contribution in [1.29, 1.82) is 0 Å². The van der Waals surface area contributed by atoms with E-state index < -0.39 is 5.97 Å². The summed E-state index contributed by atoms with van der Waals surface area (Å²) in [4.78, 5) is 20.8. The Morgan fingerprint density at radius 2 is 2.22 bits per heavy atom. The van der Waals surface area contributed by atoms with Crippen LogP contribution in [0.2, 0.25) is 0 Å². The lowest BCUT2D eigenvalue weighted by Crippen LogP contribution is -2.26. The normalized spacial score (nSPS) is 10.1. The van der Waals surface area contributed by atoms with Crippen LogP contribution in [-0.4, -0.2) is 40.7 Å². The average molecular weight is 253 g/mol. The quantitative estimate of drug-likeness (QED) is 0.757. The van der Waals surface area contributed by atoms with Crippen molar-refractivity contribution in [2.24, 2.45) is 0 Å². The van der Waals surface area contributed by atoms with E-state index in [1.54, 1.807) is 12.4 Å². The maximum atomic E-state index is 10.6. The molecule has 0 fully saturated rings. The topological polar surface area (TPSA) is 75.5 Å². The van der Waals surface area contributed by atoms with Crippen LogP contribution in [0.25, 0.3) is 0 Å². The first kappa shape index (κ1) is 14.2. The lowest BCUT2D eigenvalue weighted by atomic mass is 10.4. The van der Waals surface area contributed by atoms with Crippen LogP contribution in [0.3, 0.4) is 0 Å². The number of carboxylic acids is 1. The lowest BCUT2D eigenvalue weighted by molar-refractivity contribution is -0.136. The molecule has 6 nitrogen and oxygen atoms in total. The average Bonchev–Trinajstić information content (AvgIpc) is 2.37. The molecule has 0 spiro atoms. The maximum absolute atomic E-state index is 10.6. The molecule has 0 aromatic carbocycles. The molecule has 18 heavy (non-hydrogen) atoms. The molecule has 0 aliphatic carbocycles. The van der Waals surface area contributed by atoms with Crippen LogP contribution in [-0.2, 0) is 4.79 Å². The zero-order valence-electron chi connectivity index (χ0n) is 10.8. The van der Waals surface area contributed by atoms with Gasteiger partial charge in [0.25, 0.3) is 0 Å². The van der Waals surface area contributed by atoms with Crippen LogP contribution in [0.1, 0.15) is 26.7 Å². The van der Waals surface area contributed by atoms with Crippen LogP contribution in [0.4, 0.5) is 5.82 Å². The summed E-state index contributed by atoms with van der Waals surface area (Å²) in [7, 11) is 0. The Morgan fingerprint density at radius 3 is 2.83 bits per heavy atom. The number of aliphatic carboxylic acids is 1. The van der Waals surface area contributed by atoms with Gasteiger partial charge in [-0.1, -0.05) is 6.92 Å². The second-order valence-electron chi connectivity index (χ2n) is 3.79. The molecule has 1 heterocycles. The van der Waals surface area contributed by atoms with Crippen LogP contribution in [0.5, 0.6) is 5.88 Å². The Morgan fingerprint density at radius 1 is 1.44 bits per heavy atom. The number of nitrogens with zero attached hydrogens (tertiary/aromatic N) is 3. The van der Waals surface area contributed by atoms with Crippen molar-refractivity contribution >= 4 is 11.8 Å². The van der Waals surface area contributed by atoms with Gasteiger partial charge in [-0.25, -0.2) is 0 Å². The Balaban J connectivity index is 2.69. The third-order valence-corrected chi connectivity index (χ3v) is 2.36. The SMILES string of the molecule is CCCOc1cncc(N(CC)CCC(=O)O)n1. The fourth-order valence-corrected chi connectivity index (χ4v) is 1.43. The van der Waals surface area contributed by atoms with E-state index in [1.807, 2.05) is 18.7 Å². The smallest absolute Gasteiger partial charge is 0.305 e. The monoisotopic (exact) mass is 253 g/mol. The highest BCUT2D eigenvalue weighted by atomic mass is 16.5. The van der Waals surface area contributed by atoms with Crippen molar-refractivity contribution in [2.45, 2.75) is 26.7 Å². The third-order valence-electron chi connectivity index (χ3n) is 2.36. The number of carboxylic acid groups (broad SMARTS) is 1. The van der Waals surface area contributed by atoms with E-state index in [0.29, 0.717) is 31.4 Å². The van der Waals surface area contributed by atoms with E-state index in [-0.39, 0.29) is 6.42 Å². The Hall–Kier alpha value is -1.85. The minimum atomic E-state index is -0.820. The van der Waals surface area contributed by atoms with Crippen LogP contribution < -0.4 is 9.64 Å². The van der Waals surface area contributed by atoms with Crippen molar-refractivity contribution in [3.05, 3.63) is 12.4 Å². The van der Waals surface area contributed by atoms with Crippen LogP contribution in [0, 0.1) is 0 Å². The van der Waals surface area contributed by atoms with Gasteiger partial charge in [0.05, 0.1) is 25.4 Å². The first-order chi connectivity index (χ1) is 8.67. The number of anilines is 1. The summed E-state index contributed by atoms with van der Waals surface area (Å²) >= 11 is 0. The lowest BCUT2D eigenvalue weighted by Gasteiger charge is -2.20. The highest BCUT2D eigenvalue weighted by Crippen LogP contribution is 2.14. The van der Waals surface area contributed by atoms with Gasteiger partial charge in [0.1, 0.15) is 0 Å². The first-order valence-corrected chi connectivity index (χ1v) is 6.09. The molecular weight excluding hydrogens is 234 g/mol. The number of carbonyl (C=O) groups is 1. The molecule has 0 amide bonds. The van der Waals surface area contributed by atoms with Crippen LogP contribution in [0.15, 0.2) is 12.4 Å². The van der Waals surface area contributed by atoms with Gasteiger partial charge in [0.15, 0.2) is 5.82 Å². The van der Waals surface area contributed by atoms with E-state index in [4.69, 9.17) is 9.84 Å². The van der Waals surface area contributed by atoms with E-state index in [2.05, 4.69) is 9.97 Å². The molecule has 0 unspecified atom stereocenters. The van der Waals surface area contributed by atoms with Crippen LogP contribution >= 0.6 is 0 Å². The minimum absolute atomic E-state index is 0.0789. The summed E-state index contributed by atoms with van der Waals surface area (Å²) in [5.74, 6) is 0.301. The number of hydrogen-bond donors (Lipinski definition) is 1. The molecular formula is C12H19N3O3. The van der Waals surface area contributed by atoms with E-state index in [9.17, 15) is 4.79 Å². The molecule has 1 N–H and O–H groups in total. The molecule has 0 aliphatic heterocycles. The van der Waals surface area contributed by atoms with Gasteiger partial charge in [-0.05, 0) is 13.3 Å². The van der Waals surface area contributed by atoms with Gasteiger partial charge in [0, 0.05) is 13.1 Å². The summed E-state index contributed by atoms with van der Waals surface area (Å²) in [6.07, 6.45) is 4.16. The fraction of sp³-hybridized carbons (Fsp3) is 0.583. The van der Waals surface area contributed by atoms with Crippen molar-refractivity contribution in [2.75, 3.05) is 24.6 Å². The minimum Gasteiger partial charge on any atom is -0.481 e. The molecule has 0 saturated carbocycles. The molecule has 1 aromatic rings. The summed E-state index contributed by atoms with van der Waals surface area (Å²) in [5.41, 5.74) is 0. The molecule has 0 radical (unpaired) electrons. The molecule has 1 rings (SSSR count). The summed E-state index contributed by atoms with van der Waals surface area (Å²) in [5, 5.41) is 8.69. The molecule has 0 bridgehead atoms. The second-order valence-corrected chi connectivity index (χ2v) is 3.79. The highest BCUT2D eigenvalue weighted by Gasteiger charge is 2.09. The number of rotatable bonds is 8. The Labute approximate surface area is 107 Å². The summed E-state index contributed by atoms with van der Waals surface area (Å²) in [6, 6.07) is 0. The molecule has 100 valence electrons. The number of hydrogen-bond acceptors (Lipinski definition) is 5. The van der Waals surface area contributed by atoms with Gasteiger partial charge < -0.3 is 14.7 Å². The zero-order valence-corrected chi connectivity index (χ0v) is 10.8. The Kier molecular flexibility index (Phi) is 5.90. The predicted molar refractivity (Wildman–Crippen MR) is 68.0 cm³/mol. The first-order valence-electron chi connectivity index (χ1n) is 6.09. The third kappa shape index (κ3) is 4.57. The molecule has 6 heteroatoms. The standard InChI is InChI=1S/C12H19N3O3/c1-3-7-18-11-9-13-8-10(14-11)15(4-2)6-5-12(16)17/h8-9H,3-7H2,1-2H3,(H,16,17). The van der Waals surface area contributed by atoms with Crippen molar-refractivity contribution in [3.63, 3.8) is 0 Å². The molecule has 1 aromatic heterocycles. The van der Waals surface area contributed by atoms with Gasteiger partial charge in [-0.15, -0.1) is 0 Å². The van der Waals surface area contributed by atoms with E-state index in [0.717, 1.165) is 6.42 Å². The van der Waals surface area contributed by atoms with Gasteiger partial charge in [0.2, 0.25) is 5.88 Å². The second kappa shape index (κ2) is 7.47. The van der Waals surface area contributed by atoms with Crippen molar-refractivity contribution < 1.29 is 14.6 Å². The van der Waals surface area contributed by atoms with Gasteiger partial charge in [-0.3, -0.25) is 9.78 Å². The number of aromatic nitrogens is 2. The summed E-state index contributed by atoms with van der Waals surface area (Å²) in [6.45, 7) is 5.65. The van der Waals surface area contributed by atoms with Crippen molar-refractivity contribution in [3.8, 4) is 5.88 Å². The van der Waals surface area contributed by atoms with E-state index in [1.165, 1.54) is 0 Å². The molecule has 0 aliphatic rings. The Bertz CT molecular complexity index is 385. The predicted octanol–water partition coefficient (Wildman–Crippen LogP) is 1.57. The summed E-state index contributed by atoms with van der Waals surface area (Å²) < 4.78 is 5.40.